The topological polar surface area (TPSA) is 12.0 Å². The predicted molar refractivity (Wildman–Crippen MR) is 40.9 cm³/mol. The summed E-state index contributed by atoms with van der Waals surface area (Å²) in [4.78, 5) is 0. The molecule has 0 aromatic rings. The van der Waals surface area contributed by atoms with E-state index >= 15 is 0 Å². The van der Waals surface area contributed by atoms with Gasteiger partial charge in [-0.1, -0.05) is 12.2 Å². The minimum absolute atomic E-state index is 0. The van der Waals surface area contributed by atoms with Gasteiger partial charge in [0.2, 0.25) is 0 Å². The molecule has 0 aromatic heterocycles. The van der Waals surface area contributed by atoms with E-state index in [9.17, 15) is 0 Å². The molecule has 1 aliphatic heterocycles. The number of halogens is 1. The molecule has 0 radical (unpaired) electrons. The molecule has 2 atom stereocenters. The molecule has 9 heavy (non-hydrogen) atoms. The summed E-state index contributed by atoms with van der Waals surface area (Å²) in [6.45, 7) is 5.16. The number of hydrogen-bond donors (Lipinski definition) is 1. The third-order valence-electron chi connectivity index (χ3n) is 2.17. The van der Waals surface area contributed by atoms with E-state index in [0.29, 0.717) is 0 Å². The predicted octanol–water partition coefficient (Wildman–Crippen LogP) is 1.35. The molecule has 2 aliphatic rings. The van der Waals surface area contributed by atoms with Crippen molar-refractivity contribution in [2.45, 2.75) is 18.9 Å². The lowest BCUT2D eigenvalue weighted by molar-refractivity contribution is 0.596. The van der Waals surface area contributed by atoms with Crippen LogP contribution in [0.4, 0.5) is 0 Å². The molecular weight excluding hydrogens is 134 g/mol. The first kappa shape index (κ1) is 7.10. The second-order valence-electron chi connectivity index (χ2n) is 2.81. The van der Waals surface area contributed by atoms with Crippen molar-refractivity contribution in [3.05, 3.63) is 12.2 Å². The third-order valence-corrected chi connectivity index (χ3v) is 2.17. The molecule has 0 bridgehead atoms. The summed E-state index contributed by atoms with van der Waals surface area (Å²) in [7, 11) is 0. The van der Waals surface area contributed by atoms with Gasteiger partial charge in [-0.25, -0.2) is 0 Å². The Morgan fingerprint density at radius 3 is 2.89 bits per heavy atom. The van der Waals surface area contributed by atoms with E-state index in [1.54, 1.807) is 0 Å². The summed E-state index contributed by atoms with van der Waals surface area (Å²) >= 11 is 0. The van der Waals surface area contributed by atoms with Crippen LogP contribution in [-0.4, -0.2) is 12.6 Å². The van der Waals surface area contributed by atoms with E-state index < -0.39 is 0 Å². The van der Waals surface area contributed by atoms with E-state index in [1.807, 2.05) is 0 Å². The first-order chi connectivity index (χ1) is 3.88. The SMILES string of the molecule is C=C1CCNC2CC12.Cl. The highest BCUT2D eigenvalue weighted by Gasteiger charge is 2.40. The summed E-state index contributed by atoms with van der Waals surface area (Å²) in [6.07, 6.45) is 2.57. The molecule has 0 aromatic carbocycles. The zero-order chi connectivity index (χ0) is 5.56. The number of rotatable bonds is 0. The van der Waals surface area contributed by atoms with Gasteiger partial charge in [-0.2, -0.15) is 0 Å². The van der Waals surface area contributed by atoms with Crippen LogP contribution in [0.1, 0.15) is 12.8 Å². The first-order valence-corrected chi connectivity index (χ1v) is 3.29. The van der Waals surface area contributed by atoms with Crippen molar-refractivity contribution in [3.8, 4) is 0 Å². The van der Waals surface area contributed by atoms with Crippen molar-refractivity contribution < 1.29 is 0 Å². The lowest BCUT2D eigenvalue weighted by Crippen LogP contribution is -2.24. The molecule has 1 N–H and O–H groups in total. The fraction of sp³-hybridized carbons (Fsp3) is 0.714. The Balaban J connectivity index is 0.000000405. The minimum Gasteiger partial charge on any atom is -0.313 e. The number of hydrogen-bond acceptors (Lipinski definition) is 1. The Morgan fingerprint density at radius 2 is 2.33 bits per heavy atom. The molecule has 1 saturated carbocycles. The average Bonchev–Trinajstić information content (AvgIpc) is 2.45. The fourth-order valence-electron chi connectivity index (χ4n) is 1.48. The maximum absolute atomic E-state index is 4.00. The monoisotopic (exact) mass is 145 g/mol. The van der Waals surface area contributed by atoms with Crippen LogP contribution < -0.4 is 5.32 Å². The van der Waals surface area contributed by atoms with Crippen molar-refractivity contribution in [2.24, 2.45) is 5.92 Å². The average molecular weight is 146 g/mol. The molecule has 1 heterocycles. The Kier molecular flexibility index (Phi) is 1.83. The molecule has 2 heteroatoms. The lowest BCUT2D eigenvalue weighted by atomic mass is 10.1. The Morgan fingerprint density at radius 1 is 1.56 bits per heavy atom. The van der Waals surface area contributed by atoms with Crippen LogP contribution in [0.25, 0.3) is 0 Å². The Hall–Kier alpha value is -0.0100. The van der Waals surface area contributed by atoms with Crippen molar-refractivity contribution in [2.75, 3.05) is 6.54 Å². The zero-order valence-electron chi connectivity index (χ0n) is 5.39. The second-order valence-corrected chi connectivity index (χ2v) is 2.81. The molecule has 52 valence electrons. The van der Waals surface area contributed by atoms with Gasteiger partial charge in [-0.15, -0.1) is 12.4 Å². The summed E-state index contributed by atoms with van der Waals surface area (Å²) in [5.41, 5.74) is 1.48. The first-order valence-electron chi connectivity index (χ1n) is 3.29. The van der Waals surface area contributed by atoms with E-state index in [-0.39, 0.29) is 12.4 Å². The third kappa shape index (κ3) is 1.12. The van der Waals surface area contributed by atoms with Gasteiger partial charge in [0.1, 0.15) is 0 Å². The molecule has 1 aliphatic carbocycles. The van der Waals surface area contributed by atoms with Gasteiger partial charge in [0, 0.05) is 6.04 Å². The summed E-state index contributed by atoms with van der Waals surface area (Å²) in [6, 6.07) is 0.830. The van der Waals surface area contributed by atoms with Crippen molar-refractivity contribution in [3.63, 3.8) is 0 Å². The molecule has 1 nitrogen and oxygen atoms in total. The Bertz CT molecular complexity index is 133. The van der Waals surface area contributed by atoms with Gasteiger partial charge < -0.3 is 5.32 Å². The second kappa shape index (κ2) is 2.31. The summed E-state index contributed by atoms with van der Waals surface area (Å²) in [5, 5.41) is 3.43. The van der Waals surface area contributed by atoms with Crippen LogP contribution in [0, 0.1) is 5.92 Å². The van der Waals surface area contributed by atoms with Crippen LogP contribution in [0.5, 0.6) is 0 Å². The number of nitrogens with one attached hydrogen (secondary N) is 1. The Labute approximate surface area is 61.9 Å². The standard InChI is InChI=1S/C7H11N.ClH/c1-5-2-3-8-7-4-6(5)7;/h6-8H,1-4H2;1H. The van der Waals surface area contributed by atoms with E-state index in [4.69, 9.17) is 0 Å². The molecule has 0 amide bonds. The van der Waals surface area contributed by atoms with Gasteiger partial charge in [0.05, 0.1) is 0 Å². The number of piperidine rings is 1. The van der Waals surface area contributed by atoms with E-state index in [0.717, 1.165) is 12.0 Å². The lowest BCUT2D eigenvalue weighted by Gasteiger charge is -2.11. The zero-order valence-corrected chi connectivity index (χ0v) is 6.21. The molecule has 2 fully saturated rings. The van der Waals surface area contributed by atoms with Gasteiger partial charge in [0.25, 0.3) is 0 Å². The maximum Gasteiger partial charge on any atom is 0.0139 e. The van der Waals surface area contributed by atoms with Crippen LogP contribution >= 0.6 is 12.4 Å². The largest absolute Gasteiger partial charge is 0.313 e. The van der Waals surface area contributed by atoms with Gasteiger partial charge in [-0.3, -0.25) is 0 Å². The maximum atomic E-state index is 4.00. The van der Waals surface area contributed by atoms with Crippen LogP contribution in [-0.2, 0) is 0 Å². The molecule has 1 saturated heterocycles. The smallest absolute Gasteiger partial charge is 0.0139 e. The van der Waals surface area contributed by atoms with Gasteiger partial charge in [0.15, 0.2) is 0 Å². The number of fused-ring (bicyclic) bond motifs is 1. The summed E-state index contributed by atoms with van der Waals surface area (Å²) < 4.78 is 0. The van der Waals surface area contributed by atoms with Crippen molar-refractivity contribution in [1.82, 2.24) is 5.32 Å². The van der Waals surface area contributed by atoms with Crippen LogP contribution in [0.3, 0.4) is 0 Å². The normalized spacial score (nSPS) is 38.9. The van der Waals surface area contributed by atoms with Gasteiger partial charge >= 0.3 is 0 Å². The van der Waals surface area contributed by atoms with Crippen LogP contribution in [0.15, 0.2) is 12.2 Å². The van der Waals surface area contributed by atoms with Crippen molar-refractivity contribution in [1.29, 1.82) is 0 Å². The molecule has 2 rings (SSSR count). The molecular formula is C7H12ClN. The van der Waals surface area contributed by atoms with E-state index in [1.165, 1.54) is 25.0 Å². The van der Waals surface area contributed by atoms with Crippen molar-refractivity contribution >= 4 is 12.4 Å². The van der Waals surface area contributed by atoms with Gasteiger partial charge in [-0.05, 0) is 25.3 Å². The fourth-order valence-corrected chi connectivity index (χ4v) is 1.48. The highest BCUT2D eigenvalue weighted by Crippen LogP contribution is 2.40. The van der Waals surface area contributed by atoms with Crippen LogP contribution in [0.2, 0.25) is 0 Å². The highest BCUT2D eigenvalue weighted by atomic mass is 35.5. The molecule has 2 unspecified atom stereocenters. The van der Waals surface area contributed by atoms with E-state index in [2.05, 4.69) is 11.9 Å². The highest BCUT2D eigenvalue weighted by molar-refractivity contribution is 5.85. The minimum atomic E-state index is 0. The summed E-state index contributed by atoms with van der Waals surface area (Å²) in [5.74, 6) is 0.865. The quantitative estimate of drug-likeness (QED) is 0.508. The molecule has 0 spiro atoms.